The van der Waals surface area contributed by atoms with Gasteiger partial charge in [0.15, 0.2) is 0 Å². The van der Waals surface area contributed by atoms with E-state index in [-0.39, 0.29) is 5.91 Å². The number of carbonyl (C=O) groups is 1. The van der Waals surface area contributed by atoms with Crippen LogP contribution in [-0.4, -0.2) is 19.0 Å². The van der Waals surface area contributed by atoms with Crippen LogP contribution in [0.4, 0.5) is 5.69 Å². The molecule has 3 nitrogen and oxygen atoms in total. The first-order valence-corrected chi connectivity index (χ1v) is 4.82. The second kappa shape index (κ2) is 3.42. The van der Waals surface area contributed by atoms with Crippen molar-refractivity contribution in [3.63, 3.8) is 0 Å². The Bertz CT molecular complexity index is 374. The average molecular weight is 190 g/mol. The van der Waals surface area contributed by atoms with Crippen LogP contribution in [0.1, 0.15) is 11.1 Å². The molecule has 1 amide bonds. The fourth-order valence-electron chi connectivity index (χ4n) is 1.84. The summed E-state index contributed by atoms with van der Waals surface area (Å²) in [7, 11) is 0. The second-order valence-electron chi connectivity index (χ2n) is 3.64. The van der Waals surface area contributed by atoms with Crippen LogP contribution in [0.2, 0.25) is 0 Å². The molecule has 0 aromatic heterocycles. The lowest BCUT2D eigenvalue weighted by atomic mass is 10.1. The first kappa shape index (κ1) is 9.21. The number of amides is 1. The standard InChI is InChI=1S/C11H14N2O/c1-8-2-3-9-7-11(14)13(5-4-12)10(9)6-8/h2-3,6H,4-5,7,12H2,1H3. The Morgan fingerprint density at radius 2 is 2.29 bits per heavy atom. The molecule has 0 bridgehead atoms. The van der Waals surface area contributed by atoms with Crippen molar-refractivity contribution in [2.24, 2.45) is 5.73 Å². The number of fused-ring (bicyclic) bond motifs is 1. The van der Waals surface area contributed by atoms with Crippen LogP contribution < -0.4 is 10.6 Å². The second-order valence-corrected chi connectivity index (χ2v) is 3.64. The van der Waals surface area contributed by atoms with E-state index in [0.717, 1.165) is 11.3 Å². The molecule has 2 rings (SSSR count). The summed E-state index contributed by atoms with van der Waals surface area (Å²) in [6, 6.07) is 6.12. The molecule has 0 fully saturated rings. The van der Waals surface area contributed by atoms with Crippen molar-refractivity contribution >= 4 is 11.6 Å². The summed E-state index contributed by atoms with van der Waals surface area (Å²) in [4.78, 5) is 13.4. The summed E-state index contributed by atoms with van der Waals surface area (Å²) in [6.45, 7) is 3.16. The van der Waals surface area contributed by atoms with Gasteiger partial charge in [-0.25, -0.2) is 0 Å². The first-order chi connectivity index (χ1) is 6.72. The van der Waals surface area contributed by atoms with E-state index < -0.39 is 0 Å². The molecular formula is C11H14N2O. The zero-order chi connectivity index (χ0) is 10.1. The van der Waals surface area contributed by atoms with Crippen LogP contribution in [0.5, 0.6) is 0 Å². The fraction of sp³-hybridized carbons (Fsp3) is 0.364. The van der Waals surface area contributed by atoms with Crippen molar-refractivity contribution in [3.8, 4) is 0 Å². The molecule has 0 atom stereocenters. The number of carbonyl (C=O) groups excluding carboxylic acids is 1. The van der Waals surface area contributed by atoms with Gasteiger partial charge < -0.3 is 10.6 Å². The number of benzene rings is 1. The first-order valence-electron chi connectivity index (χ1n) is 4.82. The van der Waals surface area contributed by atoms with Gasteiger partial charge in [-0.3, -0.25) is 4.79 Å². The predicted octanol–water partition coefficient (Wildman–Crippen LogP) is 0.843. The zero-order valence-corrected chi connectivity index (χ0v) is 8.29. The molecule has 1 aliphatic heterocycles. The smallest absolute Gasteiger partial charge is 0.231 e. The van der Waals surface area contributed by atoms with Gasteiger partial charge in [0.05, 0.1) is 6.42 Å². The Morgan fingerprint density at radius 1 is 1.50 bits per heavy atom. The molecule has 0 unspecified atom stereocenters. The minimum atomic E-state index is 0.163. The van der Waals surface area contributed by atoms with Crippen molar-refractivity contribution < 1.29 is 4.79 Å². The van der Waals surface area contributed by atoms with Crippen LogP contribution in [0, 0.1) is 6.92 Å². The van der Waals surface area contributed by atoms with Crippen molar-refractivity contribution in [3.05, 3.63) is 29.3 Å². The van der Waals surface area contributed by atoms with Gasteiger partial charge in [-0.1, -0.05) is 12.1 Å². The Labute approximate surface area is 83.5 Å². The van der Waals surface area contributed by atoms with Crippen LogP contribution in [0.25, 0.3) is 0 Å². The number of anilines is 1. The number of hydrogen-bond donors (Lipinski definition) is 1. The van der Waals surface area contributed by atoms with E-state index in [1.165, 1.54) is 5.56 Å². The number of nitrogens with two attached hydrogens (primary N) is 1. The summed E-state index contributed by atoms with van der Waals surface area (Å²) >= 11 is 0. The minimum Gasteiger partial charge on any atom is -0.329 e. The minimum absolute atomic E-state index is 0.163. The largest absolute Gasteiger partial charge is 0.329 e. The van der Waals surface area contributed by atoms with E-state index in [4.69, 9.17) is 5.73 Å². The third-order valence-electron chi connectivity index (χ3n) is 2.53. The molecule has 1 aromatic carbocycles. The van der Waals surface area contributed by atoms with E-state index in [0.29, 0.717) is 19.5 Å². The summed E-state index contributed by atoms with van der Waals surface area (Å²) < 4.78 is 0. The van der Waals surface area contributed by atoms with Crippen molar-refractivity contribution in [1.29, 1.82) is 0 Å². The highest BCUT2D eigenvalue weighted by atomic mass is 16.2. The maximum Gasteiger partial charge on any atom is 0.231 e. The van der Waals surface area contributed by atoms with Gasteiger partial charge in [-0.2, -0.15) is 0 Å². The summed E-state index contributed by atoms with van der Waals surface area (Å²) in [5, 5.41) is 0. The number of hydrogen-bond acceptors (Lipinski definition) is 2. The topological polar surface area (TPSA) is 46.3 Å². The Morgan fingerprint density at radius 3 is 3.00 bits per heavy atom. The van der Waals surface area contributed by atoms with E-state index >= 15 is 0 Å². The monoisotopic (exact) mass is 190 g/mol. The van der Waals surface area contributed by atoms with E-state index in [1.807, 2.05) is 19.1 Å². The van der Waals surface area contributed by atoms with Gasteiger partial charge in [-0.05, 0) is 24.1 Å². The Balaban J connectivity index is 2.39. The molecule has 1 heterocycles. The lowest BCUT2D eigenvalue weighted by Gasteiger charge is -2.16. The SMILES string of the molecule is Cc1ccc2c(c1)N(CCN)C(=O)C2. The van der Waals surface area contributed by atoms with Crippen molar-refractivity contribution in [2.45, 2.75) is 13.3 Å². The lowest BCUT2D eigenvalue weighted by molar-refractivity contribution is -0.117. The molecule has 0 saturated carbocycles. The Kier molecular flexibility index (Phi) is 2.25. The van der Waals surface area contributed by atoms with Crippen molar-refractivity contribution in [1.82, 2.24) is 0 Å². The number of nitrogens with zero attached hydrogens (tertiary/aromatic N) is 1. The summed E-state index contributed by atoms with van der Waals surface area (Å²) in [5.41, 5.74) is 8.81. The van der Waals surface area contributed by atoms with Gasteiger partial charge in [-0.15, -0.1) is 0 Å². The molecule has 1 aliphatic rings. The number of rotatable bonds is 2. The summed E-state index contributed by atoms with van der Waals surface area (Å²) in [5.74, 6) is 0.163. The highest BCUT2D eigenvalue weighted by Crippen LogP contribution is 2.29. The molecule has 14 heavy (non-hydrogen) atoms. The van der Waals surface area contributed by atoms with Gasteiger partial charge in [0.25, 0.3) is 0 Å². The third-order valence-corrected chi connectivity index (χ3v) is 2.53. The molecule has 74 valence electrons. The molecular weight excluding hydrogens is 176 g/mol. The van der Waals surface area contributed by atoms with Crippen LogP contribution in [0.3, 0.4) is 0 Å². The van der Waals surface area contributed by atoms with Crippen molar-refractivity contribution in [2.75, 3.05) is 18.0 Å². The summed E-state index contributed by atoms with van der Waals surface area (Å²) in [6.07, 6.45) is 0.523. The molecule has 2 N–H and O–H groups in total. The molecule has 0 saturated heterocycles. The van der Waals surface area contributed by atoms with Crippen LogP contribution in [0.15, 0.2) is 18.2 Å². The van der Waals surface area contributed by atoms with Gasteiger partial charge >= 0.3 is 0 Å². The molecule has 0 spiro atoms. The highest BCUT2D eigenvalue weighted by molar-refractivity contribution is 6.01. The van der Waals surface area contributed by atoms with Gasteiger partial charge in [0, 0.05) is 18.8 Å². The van der Waals surface area contributed by atoms with Crippen LogP contribution >= 0.6 is 0 Å². The normalized spacial score (nSPS) is 14.7. The van der Waals surface area contributed by atoms with Gasteiger partial charge in [0.2, 0.25) is 5.91 Å². The molecule has 3 heteroatoms. The van der Waals surface area contributed by atoms with E-state index in [2.05, 4.69) is 6.07 Å². The maximum absolute atomic E-state index is 11.6. The molecule has 1 aromatic rings. The molecule has 0 aliphatic carbocycles. The van der Waals surface area contributed by atoms with E-state index in [1.54, 1.807) is 4.90 Å². The number of aryl methyl sites for hydroxylation is 1. The Hall–Kier alpha value is -1.35. The molecule has 0 radical (unpaired) electrons. The van der Waals surface area contributed by atoms with E-state index in [9.17, 15) is 4.79 Å². The third kappa shape index (κ3) is 1.40. The van der Waals surface area contributed by atoms with Gasteiger partial charge in [0.1, 0.15) is 0 Å². The van der Waals surface area contributed by atoms with Crippen LogP contribution in [-0.2, 0) is 11.2 Å². The maximum atomic E-state index is 11.6. The fourth-order valence-corrected chi connectivity index (χ4v) is 1.84. The zero-order valence-electron chi connectivity index (χ0n) is 8.29. The predicted molar refractivity (Wildman–Crippen MR) is 56.3 cm³/mol. The quantitative estimate of drug-likeness (QED) is 0.751. The lowest BCUT2D eigenvalue weighted by Crippen LogP contribution is -2.32. The average Bonchev–Trinajstić information content (AvgIpc) is 2.45. The highest BCUT2D eigenvalue weighted by Gasteiger charge is 2.25.